The zero-order valence-electron chi connectivity index (χ0n) is 21.5. The number of hydrogen-bond acceptors (Lipinski definition) is 5. The molecular weight excluding hydrogens is 512 g/mol. The third-order valence-electron chi connectivity index (χ3n) is 7.62. The molecule has 0 spiro atoms. The van der Waals surface area contributed by atoms with E-state index in [1.807, 2.05) is 55.5 Å². The van der Waals surface area contributed by atoms with Crippen LogP contribution in [0.3, 0.4) is 0 Å². The molecule has 0 aliphatic carbocycles. The van der Waals surface area contributed by atoms with Crippen LogP contribution in [0.5, 0.6) is 0 Å². The van der Waals surface area contributed by atoms with Crippen molar-refractivity contribution < 1.29 is 29.4 Å². The van der Waals surface area contributed by atoms with Gasteiger partial charge in [0.05, 0.1) is 17.9 Å². The van der Waals surface area contributed by atoms with E-state index in [9.17, 15) is 29.4 Å². The normalized spacial score (nSPS) is 18.9. The number of hydrogen-bond donors (Lipinski definition) is 4. The lowest BCUT2D eigenvalue weighted by molar-refractivity contribution is -0.140. The van der Waals surface area contributed by atoms with E-state index in [0.29, 0.717) is 6.42 Å². The fourth-order valence-corrected chi connectivity index (χ4v) is 5.67. The van der Waals surface area contributed by atoms with Crippen molar-refractivity contribution in [1.29, 1.82) is 0 Å². The van der Waals surface area contributed by atoms with Crippen LogP contribution in [0.4, 0.5) is 10.5 Å². The van der Waals surface area contributed by atoms with E-state index in [0.717, 1.165) is 38.2 Å². The van der Waals surface area contributed by atoms with Gasteiger partial charge in [0, 0.05) is 23.0 Å². The zero-order chi connectivity index (χ0) is 28.1. The Hall–Kier alpha value is -4.96. The molecule has 4 amide bonds. The maximum atomic E-state index is 14.1. The molecule has 3 heterocycles. The second-order valence-electron chi connectivity index (χ2n) is 10.0. The van der Waals surface area contributed by atoms with Crippen molar-refractivity contribution >= 4 is 40.4 Å². The van der Waals surface area contributed by atoms with Crippen molar-refractivity contribution in [3.8, 4) is 0 Å². The summed E-state index contributed by atoms with van der Waals surface area (Å²) in [5.74, 6) is -2.71. The van der Waals surface area contributed by atoms with Gasteiger partial charge in [-0.1, -0.05) is 60.2 Å². The predicted molar refractivity (Wildman–Crippen MR) is 146 cm³/mol. The largest absolute Gasteiger partial charge is 0.480 e. The molecular formula is C30H26N4O6. The number of aromatic amines is 1. The lowest BCUT2D eigenvalue weighted by Crippen LogP contribution is -2.44. The molecule has 6 rings (SSSR count). The van der Waals surface area contributed by atoms with Crippen LogP contribution in [0, 0.1) is 6.92 Å². The molecule has 3 atom stereocenters. The Labute approximate surface area is 228 Å². The fourth-order valence-electron chi connectivity index (χ4n) is 5.67. The number of imide groups is 1. The molecule has 202 valence electrons. The van der Waals surface area contributed by atoms with Crippen LogP contribution in [0.25, 0.3) is 10.9 Å². The molecule has 10 nitrogen and oxygen atoms in total. The van der Waals surface area contributed by atoms with Crippen LogP contribution in [0.1, 0.15) is 38.8 Å². The Morgan fingerprint density at radius 3 is 2.45 bits per heavy atom. The van der Waals surface area contributed by atoms with Crippen LogP contribution >= 0.6 is 0 Å². The predicted octanol–water partition coefficient (Wildman–Crippen LogP) is 3.13. The van der Waals surface area contributed by atoms with Gasteiger partial charge in [0.25, 0.3) is 11.8 Å². The number of urea groups is 1. The molecule has 2 aliphatic rings. The maximum Gasteiger partial charge on any atom is 0.332 e. The molecule has 0 saturated carbocycles. The Kier molecular flexibility index (Phi) is 6.11. The van der Waals surface area contributed by atoms with Crippen molar-refractivity contribution in [2.24, 2.45) is 0 Å². The first-order valence-corrected chi connectivity index (χ1v) is 12.9. The van der Waals surface area contributed by atoms with Crippen molar-refractivity contribution in [1.82, 2.24) is 15.2 Å². The van der Waals surface area contributed by atoms with Crippen molar-refractivity contribution in [2.45, 2.75) is 31.5 Å². The first-order chi connectivity index (χ1) is 19.3. The van der Waals surface area contributed by atoms with Crippen LogP contribution in [-0.4, -0.2) is 62.6 Å². The highest BCUT2D eigenvalue weighted by Gasteiger charge is 2.53. The van der Waals surface area contributed by atoms with Crippen molar-refractivity contribution in [2.75, 3.05) is 11.5 Å². The number of anilines is 1. The average Bonchev–Trinajstić information content (AvgIpc) is 3.45. The van der Waals surface area contributed by atoms with Gasteiger partial charge in [-0.25, -0.2) is 14.5 Å². The number of carbonyl (C=O) groups is 4. The number of carbonyl (C=O) groups excluding carboxylic acids is 3. The van der Waals surface area contributed by atoms with Crippen LogP contribution in [-0.2, 0) is 16.0 Å². The summed E-state index contributed by atoms with van der Waals surface area (Å²) in [6, 6.07) is 18.2. The van der Waals surface area contributed by atoms with E-state index in [-0.39, 0.29) is 11.3 Å². The molecule has 3 aromatic carbocycles. The van der Waals surface area contributed by atoms with Gasteiger partial charge in [-0.3, -0.25) is 14.5 Å². The van der Waals surface area contributed by atoms with Gasteiger partial charge >= 0.3 is 12.0 Å². The average molecular weight is 539 g/mol. The van der Waals surface area contributed by atoms with Gasteiger partial charge in [0.15, 0.2) is 6.04 Å². The lowest BCUT2D eigenvalue weighted by Gasteiger charge is -2.36. The number of carboxylic acids is 1. The quantitative estimate of drug-likeness (QED) is 0.278. The summed E-state index contributed by atoms with van der Waals surface area (Å²) >= 11 is 0. The molecule has 1 saturated heterocycles. The minimum Gasteiger partial charge on any atom is -0.480 e. The summed E-state index contributed by atoms with van der Waals surface area (Å²) in [5, 5.41) is 21.9. The maximum absolute atomic E-state index is 14.1. The number of carboxylic acid groups (broad SMARTS) is 1. The molecule has 0 bridgehead atoms. The minimum absolute atomic E-state index is 0.0441. The number of para-hydroxylation sites is 2. The highest BCUT2D eigenvalue weighted by molar-refractivity contribution is 6.24. The van der Waals surface area contributed by atoms with Gasteiger partial charge in [-0.15, -0.1) is 0 Å². The third kappa shape index (κ3) is 3.92. The van der Waals surface area contributed by atoms with E-state index in [1.165, 1.54) is 12.1 Å². The Morgan fingerprint density at radius 2 is 1.73 bits per heavy atom. The highest BCUT2D eigenvalue weighted by atomic mass is 16.4. The van der Waals surface area contributed by atoms with Gasteiger partial charge in [0.1, 0.15) is 12.1 Å². The van der Waals surface area contributed by atoms with Crippen LogP contribution in [0.2, 0.25) is 0 Å². The smallest absolute Gasteiger partial charge is 0.332 e. The zero-order valence-corrected chi connectivity index (χ0v) is 21.5. The minimum atomic E-state index is -1.54. The van der Waals surface area contributed by atoms with Gasteiger partial charge in [-0.2, -0.15) is 0 Å². The topological polar surface area (TPSA) is 143 Å². The number of H-pyrrole nitrogens is 1. The summed E-state index contributed by atoms with van der Waals surface area (Å²) in [5.41, 5.74) is 4.60. The molecule has 0 radical (unpaired) electrons. The van der Waals surface area contributed by atoms with Gasteiger partial charge < -0.3 is 20.5 Å². The Balaban J connectivity index is 1.45. The van der Waals surface area contributed by atoms with E-state index < -0.39 is 48.5 Å². The number of aryl methyl sites for hydroxylation is 1. The number of amides is 4. The monoisotopic (exact) mass is 538 g/mol. The van der Waals surface area contributed by atoms with E-state index >= 15 is 0 Å². The Bertz CT molecular complexity index is 1680. The fraction of sp³-hybridized carbons (Fsp3) is 0.200. The number of aromatic nitrogens is 1. The molecule has 4 aromatic rings. The first kappa shape index (κ1) is 25.3. The first-order valence-electron chi connectivity index (χ1n) is 12.9. The lowest BCUT2D eigenvalue weighted by atomic mass is 9.88. The third-order valence-corrected chi connectivity index (χ3v) is 7.62. The number of aliphatic carboxylic acids is 1. The number of aliphatic hydroxyl groups is 1. The Morgan fingerprint density at radius 1 is 1.02 bits per heavy atom. The SMILES string of the molecule is Cc1ccc([C@@H]2c3[nH]c4ccccc4c3C[C@H]3C(=O)N(c4ccccc4C(=O)N[C@@H](CO)C(=O)O)C(=O)N23)cc1. The number of fused-ring (bicyclic) bond motifs is 4. The second kappa shape index (κ2) is 9.65. The summed E-state index contributed by atoms with van der Waals surface area (Å²) in [6.07, 6.45) is 0.294. The summed E-state index contributed by atoms with van der Waals surface area (Å²) in [4.78, 5) is 58.6. The molecule has 1 aromatic heterocycles. The van der Waals surface area contributed by atoms with E-state index in [4.69, 9.17) is 0 Å². The van der Waals surface area contributed by atoms with Gasteiger partial charge in [-0.05, 0) is 36.2 Å². The highest BCUT2D eigenvalue weighted by Crippen LogP contribution is 2.45. The molecule has 1 fully saturated rings. The summed E-state index contributed by atoms with van der Waals surface area (Å²) < 4.78 is 0. The van der Waals surface area contributed by atoms with Crippen LogP contribution < -0.4 is 10.2 Å². The van der Waals surface area contributed by atoms with Gasteiger partial charge in [0.2, 0.25) is 0 Å². The molecule has 0 unspecified atom stereocenters. The number of rotatable bonds is 6. The van der Waals surface area contributed by atoms with E-state index in [2.05, 4.69) is 10.3 Å². The molecule has 10 heteroatoms. The number of benzene rings is 3. The van der Waals surface area contributed by atoms with E-state index in [1.54, 1.807) is 17.0 Å². The summed E-state index contributed by atoms with van der Waals surface area (Å²) in [7, 11) is 0. The molecule has 2 aliphatic heterocycles. The van der Waals surface area contributed by atoms with Crippen molar-refractivity contribution in [3.05, 3.63) is 101 Å². The van der Waals surface area contributed by atoms with Crippen LogP contribution in [0.15, 0.2) is 72.8 Å². The molecule has 40 heavy (non-hydrogen) atoms. The number of aliphatic hydroxyl groups excluding tert-OH is 1. The number of nitrogens with one attached hydrogen (secondary N) is 2. The number of nitrogens with zero attached hydrogens (tertiary/aromatic N) is 2. The second-order valence-corrected chi connectivity index (χ2v) is 10.0. The molecule has 4 N–H and O–H groups in total. The van der Waals surface area contributed by atoms with Crippen molar-refractivity contribution in [3.63, 3.8) is 0 Å². The summed E-state index contributed by atoms with van der Waals surface area (Å²) in [6.45, 7) is 1.16. The standard InChI is InChI=1S/C30H26N4O6/c1-16-10-12-17(13-11-16)26-25-20(18-6-2-4-8-21(18)31-25)14-24-28(37)34(30(40)33(24)26)23-9-5-3-7-19(23)27(36)32-22(15-35)29(38)39/h2-13,22,24,26,31,35H,14-15H2,1H3,(H,32,36)(H,38,39)/t22-,24-,26+/m0/s1.